The van der Waals surface area contributed by atoms with Gasteiger partial charge in [0.1, 0.15) is 5.76 Å². The van der Waals surface area contributed by atoms with Crippen molar-refractivity contribution in [2.24, 2.45) is 0 Å². The summed E-state index contributed by atoms with van der Waals surface area (Å²) in [5.41, 5.74) is 1.70. The van der Waals surface area contributed by atoms with Gasteiger partial charge in [-0.25, -0.2) is 0 Å². The lowest BCUT2D eigenvalue weighted by Gasteiger charge is -2.14. The van der Waals surface area contributed by atoms with E-state index >= 15 is 0 Å². The van der Waals surface area contributed by atoms with Crippen LogP contribution >= 0.6 is 11.3 Å². The van der Waals surface area contributed by atoms with E-state index in [9.17, 15) is 5.11 Å². The van der Waals surface area contributed by atoms with E-state index in [0.717, 1.165) is 28.0 Å². The Labute approximate surface area is 133 Å². The maximum absolute atomic E-state index is 10.1. The number of para-hydroxylation sites is 1. The third-order valence-electron chi connectivity index (χ3n) is 3.72. The topological polar surface area (TPSA) is 54.6 Å². The minimum Gasteiger partial charge on any atom is -0.493 e. The van der Waals surface area contributed by atoms with Gasteiger partial charge in [-0.05, 0) is 41.4 Å². The third-order valence-corrected chi connectivity index (χ3v) is 4.42. The number of methoxy groups -OCH3 is 1. The van der Waals surface area contributed by atoms with Crippen molar-refractivity contribution in [2.75, 3.05) is 13.7 Å². The summed E-state index contributed by atoms with van der Waals surface area (Å²) >= 11 is 1.59. The number of benzene rings is 1. The molecule has 0 radical (unpaired) electrons. The molecule has 0 spiro atoms. The molecule has 0 unspecified atom stereocenters. The molecule has 0 aliphatic heterocycles. The highest BCUT2D eigenvalue weighted by atomic mass is 32.1. The molecule has 0 saturated carbocycles. The predicted octanol–water partition coefficient (Wildman–Crippen LogP) is 3.89. The van der Waals surface area contributed by atoms with Gasteiger partial charge in [-0.2, -0.15) is 11.3 Å². The number of rotatable bonds is 6. The molecule has 22 heavy (non-hydrogen) atoms. The first-order valence-electron chi connectivity index (χ1n) is 7.19. The van der Waals surface area contributed by atoms with Gasteiger partial charge in [0.15, 0.2) is 11.3 Å². The number of aliphatic hydroxyl groups is 1. The molecule has 0 amide bonds. The largest absolute Gasteiger partial charge is 0.493 e. The van der Waals surface area contributed by atoms with Crippen molar-refractivity contribution in [1.29, 1.82) is 0 Å². The summed E-state index contributed by atoms with van der Waals surface area (Å²) in [6, 6.07) is 9.77. The molecule has 4 nitrogen and oxygen atoms in total. The first kappa shape index (κ1) is 15.1. The fraction of sp³-hybridized carbons (Fsp3) is 0.294. The zero-order valence-electron chi connectivity index (χ0n) is 12.6. The van der Waals surface area contributed by atoms with E-state index in [0.29, 0.717) is 6.54 Å². The SMILES string of the molecule is COc1cccc2cc([C@H](C)NC[C@@H](O)c3ccsc3)oc12. The number of thiophene rings is 1. The zero-order valence-corrected chi connectivity index (χ0v) is 13.4. The van der Waals surface area contributed by atoms with Crippen LogP contribution in [0.1, 0.15) is 30.4 Å². The summed E-state index contributed by atoms with van der Waals surface area (Å²) in [7, 11) is 1.63. The Kier molecular flexibility index (Phi) is 4.47. The first-order valence-corrected chi connectivity index (χ1v) is 8.13. The molecular weight excluding hydrogens is 298 g/mol. The number of ether oxygens (including phenoxy) is 1. The van der Waals surface area contributed by atoms with E-state index in [-0.39, 0.29) is 6.04 Å². The average Bonchev–Trinajstić information content (AvgIpc) is 3.20. The lowest BCUT2D eigenvalue weighted by molar-refractivity contribution is 0.169. The quantitative estimate of drug-likeness (QED) is 0.724. The lowest BCUT2D eigenvalue weighted by atomic mass is 10.1. The maximum Gasteiger partial charge on any atom is 0.176 e. The molecule has 116 valence electrons. The summed E-state index contributed by atoms with van der Waals surface area (Å²) in [6.07, 6.45) is -0.507. The van der Waals surface area contributed by atoms with Gasteiger partial charge < -0.3 is 19.6 Å². The Morgan fingerprint density at radius 2 is 2.23 bits per heavy atom. The molecule has 3 aromatic rings. The van der Waals surface area contributed by atoms with E-state index in [1.165, 1.54) is 0 Å². The monoisotopic (exact) mass is 317 g/mol. The summed E-state index contributed by atoms with van der Waals surface area (Å²) in [5, 5.41) is 18.4. The number of furan rings is 1. The number of hydrogen-bond donors (Lipinski definition) is 2. The molecule has 0 aliphatic carbocycles. The highest BCUT2D eigenvalue weighted by Crippen LogP contribution is 2.31. The van der Waals surface area contributed by atoms with Crippen LogP contribution in [0.15, 0.2) is 45.5 Å². The van der Waals surface area contributed by atoms with Crippen LogP contribution in [-0.4, -0.2) is 18.8 Å². The molecule has 0 bridgehead atoms. The third kappa shape index (κ3) is 3.02. The Morgan fingerprint density at radius 1 is 1.36 bits per heavy atom. The van der Waals surface area contributed by atoms with Crippen molar-refractivity contribution in [1.82, 2.24) is 5.32 Å². The van der Waals surface area contributed by atoms with Crippen LogP contribution in [0.3, 0.4) is 0 Å². The second-order valence-corrected chi connectivity index (χ2v) is 6.01. The molecule has 2 N–H and O–H groups in total. The highest BCUT2D eigenvalue weighted by Gasteiger charge is 2.15. The van der Waals surface area contributed by atoms with Crippen LogP contribution in [0, 0.1) is 0 Å². The summed E-state index contributed by atoms with van der Waals surface area (Å²) < 4.78 is 11.2. The van der Waals surface area contributed by atoms with E-state index in [4.69, 9.17) is 9.15 Å². The van der Waals surface area contributed by atoms with Crippen LogP contribution in [0.4, 0.5) is 0 Å². The average molecular weight is 317 g/mol. The van der Waals surface area contributed by atoms with Crippen LogP contribution < -0.4 is 10.1 Å². The van der Waals surface area contributed by atoms with Gasteiger partial charge in [0.25, 0.3) is 0 Å². The van der Waals surface area contributed by atoms with Gasteiger partial charge in [-0.15, -0.1) is 0 Å². The highest BCUT2D eigenvalue weighted by molar-refractivity contribution is 7.07. The fourth-order valence-electron chi connectivity index (χ4n) is 2.40. The van der Waals surface area contributed by atoms with E-state index in [2.05, 4.69) is 5.32 Å². The number of fused-ring (bicyclic) bond motifs is 1. The van der Waals surface area contributed by atoms with Crippen molar-refractivity contribution in [3.63, 3.8) is 0 Å². The van der Waals surface area contributed by atoms with Crippen LogP contribution in [0.5, 0.6) is 5.75 Å². The normalized spacial score (nSPS) is 14.1. The molecule has 5 heteroatoms. The van der Waals surface area contributed by atoms with Gasteiger partial charge in [0.2, 0.25) is 0 Å². The van der Waals surface area contributed by atoms with Gasteiger partial charge in [-0.3, -0.25) is 0 Å². The summed E-state index contributed by atoms with van der Waals surface area (Å²) in [5.74, 6) is 1.56. The molecule has 2 aromatic heterocycles. The maximum atomic E-state index is 10.1. The molecular formula is C17H19NO3S. The predicted molar refractivity (Wildman–Crippen MR) is 88.5 cm³/mol. The van der Waals surface area contributed by atoms with Gasteiger partial charge in [-0.1, -0.05) is 12.1 Å². The fourth-order valence-corrected chi connectivity index (χ4v) is 3.11. The minimum atomic E-state index is -0.507. The van der Waals surface area contributed by atoms with E-state index in [1.54, 1.807) is 18.4 Å². The number of nitrogens with one attached hydrogen (secondary N) is 1. The molecule has 2 atom stereocenters. The Bertz CT molecular complexity index is 736. The standard InChI is InChI=1S/C17H19NO3S/c1-11(18-9-14(19)13-6-7-22-10-13)16-8-12-4-3-5-15(20-2)17(12)21-16/h3-8,10-11,14,18-19H,9H2,1-2H3/t11-,14+/m0/s1. The van der Waals surface area contributed by atoms with Gasteiger partial charge in [0, 0.05) is 11.9 Å². The van der Waals surface area contributed by atoms with E-state index in [1.807, 2.05) is 48.0 Å². The zero-order chi connectivity index (χ0) is 15.5. The Hall–Kier alpha value is -1.82. The van der Waals surface area contributed by atoms with Crippen LogP contribution in [0.25, 0.3) is 11.0 Å². The van der Waals surface area contributed by atoms with Crippen molar-refractivity contribution in [3.8, 4) is 5.75 Å². The van der Waals surface area contributed by atoms with Crippen molar-refractivity contribution in [3.05, 3.63) is 52.4 Å². The second kappa shape index (κ2) is 6.52. The van der Waals surface area contributed by atoms with Crippen LogP contribution in [0.2, 0.25) is 0 Å². The Balaban J connectivity index is 1.71. The van der Waals surface area contributed by atoms with Crippen molar-refractivity contribution < 1.29 is 14.3 Å². The second-order valence-electron chi connectivity index (χ2n) is 5.23. The van der Waals surface area contributed by atoms with Crippen molar-refractivity contribution >= 4 is 22.3 Å². The number of hydrogen-bond acceptors (Lipinski definition) is 5. The minimum absolute atomic E-state index is 0.00499. The molecule has 0 saturated heterocycles. The molecule has 2 heterocycles. The Morgan fingerprint density at radius 3 is 2.95 bits per heavy atom. The molecule has 0 fully saturated rings. The molecule has 0 aliphatic rings. The number of aliphatic hydroxyl groups excluding tert-OH is 1. The first-order chi connectivity index (χ1) is 10.7. The lowest BCUT2D eigenvalue weighted by Crippen LogP contribution is -2.24. The van der Waals surface area contributed by atoms with E-state index < -0.39 is 6.10 Å². The summed E-state index contributed by atoms with van der Waals surface area (Å²) in [4.78, 5) is 0. The van der Waals surface area contributed by atoms with Gasteiger partial charge in [0.05, 0.1) is 19.3 Å². The van der Waals surface area contributed by atoms with Crippen molar-refractivity contribution in [2.45, 2.75) is 19.1 Å². The van der Waals surface area contributed by atoms with Crippen LogP contribution in [-0.2, 0) is 0 Å². The molecule has 3 rings (SSSR count). The summed E-state index contributed by atoms with van der Waals surface area (Å²) in [6.45, 7) is 2.50. The smallest absolute Gasteiger partial charge is 0.176 e. The molecule has 1 aromatic carbocycles. The van der Waals surface area contributed by atoms with Gasteiger partial charge >= 0.3 is 0 Å².